The van der Waals surface area contributed by atoms with Gasteiger partial charge in [0, 0.05) is 43.1 Å². The van der Waals surface area contributed by atoms with E-state index in [0.29, 0.717) is 11.3 Å². The number of amides is 1. The summed E-state index contributed by atoms with van der Waals surface area (Å²) in [5, 5.41) is 13.5. The quantitative estimate of drug-likeness (QED) is 0.219. The fourth-order valence-electron chi connectivity index (χ4n) is 5.64. The number of ketones is 1. The largest absolute Gasteiger partial charge is 0.507 e. The summed E-state index contributed by atoms with van der Waals surface area (Å²) < 4.78 is 0. The summed E-state index contributed by atoms with van der Waals surface area (Å²) in [4.78, 5) is 33.3. The van der Waals surface area contributed by atoms with Gasteiger partial charge in [0.25, 0.3) is 11.7 Å². The minimum absolute atomic E-state index is 0.101. The van der Waals surface area contributed by atoms with Crippen molar-refractivity contribution in [1.82, 2.24) is 4.90 Å². The number of piperazine rings is 1. The highest BCUT2D eigenvalue weighted by molar-refractivity contribution is 6.51. The monoisotopic (exact) mass is 517 g/mol. The van der Waals surface area contributed by atoms with E-state index in [1.54, 1.807) is 6.07 Å². The van der Waals surface area contributed by atoms with Crippen LogP contribution in [-0.2, 0) is 9.59 Å². The molecule has 2 saturated heterocycles. The molecule has 0 saturated carbocycles. The molecule has 2 fully saturated rings. The number of carbonyl (C=O) groups excluding carboxylic acids is 2. The third-order valence-electron chi connectivity index (χ3n) is 7.82. The van der Waals surface area contributed by atoms with Crippen LogP contribution >= 0.6 is 0 Å². The maximum absolute atomic E-state index is 13.6. The van der Waals surface area contributed by atoms with Gasteiger partial charge in [0.05, 0.1) is 11.6 Å². The molecule has 2 heterocycles. The number of likely N-dealkylation sites (N-methyl/N-ethyl adjacent to an activating group) is 1. The number of rotatable bonds is 4. The van der Waals surface area contributed by atoms with Gasteiger partial charge < -0.3 is 14.9 Å². The molecule has 2 aliphatic rings. The lowest BCUT2D eigenvalue weighted by Crippen LogP contribution is -2.44. The lowest BCUT2D eigenvalue weighted by Gasteiger charge is -2.34. The molecule has 0 aromatic heterocycles. The predicted molar refractivity (Wildman–Crippen MR) is 156 cm³/mol. The van der Waals surface area contributed by atoms with Gasteiger partial charge >= 0.3 is 0 Å². The van der Waals surface area contributed by atoms with E-state index in [4.69, 9.17) is 0 Å². The first-order chi connectivity index (χ1) is 18.9. The number of hydrogen-bond donors (Lipinski definition) is 1. The molecule has 1 amide bonds. The second kappa shape index (κ2) is 10.0. The topological polar surface area (TPSA) is 64.1 Å². The van der Waals surface area contributed by atoms with Crippen LogP contribution in [0.2, 0.25) is 0 Å². The van der Waals surface area contributed by atoms with Crippen LogP contribution in [0.25, 0.3) is 16.5 Å². The van der Waals surface area contributed by atoms with E-state index in [-0.39, 0.29) is 11.3 Å². The number of hydrogen-bond acceptors (Lipinski definition) is 5. The summed E-state index contributed by atoms with van der Waals surface area (Å²) in [5.74, 6) is -1.49. The molecule has 6 rings (SSSR count). The summed E-state index contributed by atoms with van der Waals surface area (Å²) >= 11 is 0. The van der Waals surface area contributed by atoms with Crippen molar-refractivity contribution >= 4 is 39.6 Å². The van der Waals surface area contributed by atoms with Crippen molar-refractivity contribution < 1.29 is 14.7 Å². The Labute approximate surface area is 228 Å². The Balaban J connectivity index is 1.44. The number of Topliss-reactive ketones (excluding diaryl/α,β-unsaturated/α-hetero) is 1. The number of carbonyl (C=O) groups is 2. The molecule has 6 heteroatoms. The molecule has 1 atom stereocenters. The van der Waals surface area contributed by atoms with Crippen LogP contribution in [0.4, 0.5) is 11.4 Å². The first-order valence-electron chi connectivity index (χ1n) is 13.3. The Morgan fingerprint density at radius 2 is 1.46 bits per heavy atom. The Morgan fingerprint density at radius 3 is 2.18 bits per heavy atom. The van der Waals surface area contributed by atoms with E-state index in [9.17, 15) is 14.7 Å². The SMILES string of the molecule is Cc1cccc(C2/C(=C(/O)c3ccc4ccccc4c3)C(=O)C(=O)N2c2ccc(N3CCN(C)CC3)cc2)c1. The number of fused-ring (bicyclic) bond motifs is 1. The van der Waals surface area contributed by atoms with Crippen LogP contribution in [0.1, 0.15) is 22.7 Å². The van der Waals surface area contributed by atoms with Crippen LogP contribution < -0.4 is 9.80 Å². The molecule has 4 aromatic carbocycles. The lowest BCUT2D eigenvalue weighted by atomic mass is 9.93. The van der Waals surface area contributed by atoms with Gasteiger partial charge in [0.15, 0.2) is 0 Å². The number of benzene rings is 4. The zero-order valence-corrected chi connectivity index (χ0v) is 22.2. The molecular weight excluding hydrogens is 486 g/mol. The Bertz CT molecular complexity index is 1600. The minimum atomic E-state index is -0.745. The van der Waals surface area contributed by atoms with Gasteiger partial charge in [-0.3, -0.25) is 14.5 Å². The molecule has 0 spiro atoms. The van der Waals surface area contributed by atoms with Gasteiger partial charge in [-0.15, -0.1) is 0 Å². The molecule has 0 bridgehead atoms. The smallest absolute Gasteiger partial charge is 0.300 e. The van der Waals surface area contributed by atoms with E-state index in [1.165, 1.54) is 4.90 Å². The van der Waals surface area contributed by atoms with E-state index >= 15 is 0 Å². The summed E-state index contributed by atoms with van der Waals surface area (Å²) in [6.07, 6.45) is 0. The first kappa shape index (κ1) is 24.9. The van der Waals surface area contributed by atoms with Crippen molar-refractivity contribution in [2.75, 3.05) is 43.0 Å². The van der Waals surface area contributed by atoms with Crippen LogP contribution in [0.15, 0.2) is 96.6 Å². The molecule has 39 heavy (non-hydrogen) atoms. The van der Waals surface area contributed by atoms with Crippen molar-refractivity contribution in [3.63, 3.8) is 0 Å². The molecular formula is C33H31N3O3. The standard InChI is InChI=1S/C33H31N3O3/c1-22-6-5-9-25(20-22)30-29(31(37)26-11-10-23-7-3-4-8-24(23)21-26)32(38)33(39)36(30)28-14-12-27(13-15-28)35-18-16-34(2)17-19-35/h3-15,20-21,30,37H,16-19H2,1-2H3/b31-29-. The second-order valence-electron chi connectivity index (χ2n) is 10.5. The zero-order chi connectivity index (χ0) is 27.1. The Kier molecular flexibility index (Phi) is 6.41. The predicted octanol–water partition coefficient (Wildman–Crippen LogP) is 5.53. The number of aliphatic hydroxyl groups is 1. The van der Waals surface area contributed by atoms with Gasteiger partial charge in [-0.05, 0) is 60.6 Å². The van der Waals surface area contributed by atoms with Crippen LogP contribution in [0, 0.1) is 6.92 Å². The van der Waals surface area contributed by atoms with Crippen molar-refractivity contribution in [2.24, 2.45) is 0 Å². The number of anilines is 2. The maximum Gasteiger partial charge on any atom is 0.300 e. The van der Waals surface area contributed by atoms with Gasteiger partial charge in [-0.2, -0.15) is 0 Å². The zero-order valence-electron chi connectivity index (χ0n) is 22.2. The molecule has 196 valence electrons. The average molecular weight is 518 g/mol. The number of aryl methyl sites for hydroxylation is 1. The summed E-state index contributed by atoms with van der Waals surface area (Å²) in [7, 11) is 2.13. The van der Waals surface area contributed by atoms with Gasteiger partial charge in [0.2, 0.25) is 0 Å². The van der Waals surface area contributed by atoms with Gasteiger partial charge in [-0.1, -0.05) is 66.2 Å². The lowest BCUT2D eigenvalue weighted by molar-refractivity contribution is -0.132. The highest BCUT2D eigenvalue weighted by Crippen LogP contribution is 2.43. The van der Waals surface area contributed by atoms with Crippen molar-refractivity contribution in [3.8, 4) is 0 Å². The third kappa shape index (κ3) is 4.57. The fraction of sp³-hybridized carbons (Fsp3) is 0.212. The van der Waals surface area contributed by atoms with Gasteiger partial charge in [0.1, 0.15) is 5.76 Å². The first-order valence-corrected chi connectivity index (χ1v) is 13.3. The van der Waals surface area contributed by atoms with E-state index < -0.39 is 17.7 Å². The van der Waals surface area contributed by atoms with Crippen molar-refractivity contribution in [2.45, 2.75) is 13.0 Å². The average Bonchev–Trinajstić information content (AvgIpc) is 3.23. The van der Waals surface area contributed by atoms with Crippen molar-refractivity contribution in [1.29, 1.82) is 0 Å². The Hall–Kier alpha value is -4.42. The molecule has 4 aromatic rings. The second-order valence-corrected chi connectivity index (χ2v) is 10.5. The van der Waals surface area contributed by atoms with E-state index in [0.717, 1.165) is 53.8 Å². The molecule has 0 radical (unpaired) electrons. The number of aliphatic hydroxyl groups excluding tert-OH is 1. The maximum atomic E-state index is 13.6. The molecule has 1 unspecified atom stereocenters. The van der Waals surface area contributed by atoms with Crippen LogP contribution in [0.3, 0.4) is 0 Å². The molecule has 6 nitrogen and oxygen atoms in total. The van der Waals surface area contributed by atoms with Gasteiger partial charge in [-0.25, -0.2) is 0 Å². The van der Waals surface area contributed by atoms with E-state index in [2.05, 4.69) is 16.8 Å². The highest BCUT2D eigenvalue weighted by atomic mass is 16.3. The molecule has 2 aliphatic heterocycles. The number of nitrogens with zero attached hydrogens (tertiary/aromatic N) is 3. The normalized spacial score (nSPS) is 19.7. The third-order valence-corrected chi connectivity index (χ3v) is 7.82. The van der Waals surface area contributed by atoms with Crippen molar-refractivity contribution in [3.05, 3.63) is 113 Å². The van der Waals surface area contributed by atoms with E-state index in [1.807, 2.05) is 91.9 Å². The fourth-order valence-corrected chi connectivity index (χ4v) is 5.64. The summed E-state index contributed by atoms with van der Waals surface area (Å²) in [5.41, 5.74) is 4.11. The summed E-state index contributed by atoms with van der Waals surface area (Å²) in [6.45, 7) is 5.85. The molecule has 0 aliphatic carbocycles. The highest BCUT2D eigenvalue weighted by Gasteiger charge is 2.47. The minimum Gasteiger partial charge on any atom is -0.507 e. The van der Waals surface area contributed by atoms with Crippen LogP contribution in [0.5, 0.6) is 0 Å². The Morgan fingerprint density at radius 1 is 0.769 bits per heavy atom. The summed E-state index contributed by atoms with van der Waals surface area (Å²) in [6, 6.07) is 28.3. The molecule has 1 N–H and O–H groups in total. The van der Waals surface area contributed by atoms with Crippen LogP contribution in [-0.4, -0.2) is 54.9 Å².